The highest BCUT2D eigenvalue weighted by atomic mass is 16.6. The first-order valence-electron chi connectivity index (χ1n) is 8.72. The monoisotopic (exact) mass is 373 g/mol. The SMILES string of the molecule is COC(=O)C1CC(Oc2ncnc3ccccc23)CN1C(=O)OC(C)(C)C. The zero-order valence-corrected chi connectivity index (χ0v) is 15.8. The number of likely N-dealkylation sites (tertiary alicyclic amines) is 1. The lowest BCUT2D eigenvalue weighted by atomic mass is 10.2. The summed E-state index contributed by atoms with van der Waals surface area (Å²) in [6, 6.07) is 6.72. The van der Waals surface area contributed by atoms with Crippen LogP contribution in [0, 0.1) is 0 Å². The third-order valence-electron chi connectivity index (χ3n) is 4.15. The van der Waals surface area contributed by atoms with E-state index in [1.807, 2.05) is 24.3 Å². The largest absolute Gasteiger partial charge is 0.472 e. The number of esters is 1. The number of methoxy groups -OCH3 is 1. The molecule has 1 aliphatic heterocycles. The molecular weight excluding hydrogens is 350 g/mol. The number of carbonyl (C=O) groups excluding carboxylic acids is 2. The van der Waals surface area contributed by atoms with Crippen molar-refractivity contribution in [2.45, 2.75) is 44.9 Å². The van der Waals surface area contributed by atoms with Gasteiger partial charge in [-0.3, -0.25) is 4.90 Å². The Morgan fingerprint density at radius 2 is 1.93 bits per heavy atom. The summed E-state index contributed by atoms with van der Waals surface area (Å²) in [5.74, 6) is -0.0836. The van der Waals surface area contributed by atoms with Crippen LogP contribution in [0.5, 0.6) is 5.88 Å². The van der Waals surface area contributed by atoms with Crippen molar-refractivity contribution >= 4 is 23.0 Å². The van der Waals surface area contributed by atoms with Crippen molar-refractivity contribution in [1.82, 2.24) is 14.9 Å². The zero-order chi connectivity index (χ0) is 19.6. The number of hydrogen-bond donors (Lipinski definition) is 0. The highest BCUT2D eigenvalue weighted by Crippen LogP contribution is 2.28. The highest BCUT2D eigenvalue weighted by molar-refractivity contribution is 5.83. The van der Waals surface area contributed by atoms with E-state index in [1.165, 1.54) is 18.3 Å². The second-order valence-electron chi connectivity index (χ2n) is 7.34. The Morgan fingerprint density at radius 1 is 1.19 bits per heavy atom. The first-order valence-corrected chi connectivity index (χ1v) is 8.72. The number of rotatable bonds is 3. The van der Waals surface area contributed by atoms with Gasteiger partial charge in [-0.2, -0.15) is 0 Å². The molecule has 3 rings (SSSR count). The molecule has 144 valence electrons. The van der Waals surface area contributed by atoms with E-state index in [1.54, 1.807) is 20.8 Å². The summed E-state index contributed by atoms with van der Waals surface area (Å²) < 4.78 is 16.3. The Labute approximate surface area is 157 Å². The van der Waals surface area contributed by atoms with Gasteiger partial charge in [0, 0.05) is 6.42 Å². The fraction of sp³-hybridized carbons (Fsp3) is 0.474. The molecule has 2 heterocycles. The van der Waals surface area contributed by atoms with Crippen LogP contribution in [0.25, 0.3) is 10.9 Å². The Morgan fingerprint density at radius 3 is 2.63 bits per heavy atom. The summed E-state index contributed by atoms with van der Waals surface area (Å²) in [4.78, 5) is 34.4. The molecule has 2 atom stereocenters. The van der Waals surface area contributed by atoms with Gasteiger partial charge < -0.3 is 14.2 Å². The lowest BCUT2D eigenvalue weighted by molar-refractivity contribution is -0.145. The standard InChI is InChI=1S/C19H23N3O5/c1-19(2,3)27-18(24)22-10-12(9-15(22)17(23)25-4)26-16-13-7-5-6-8-14(13)20-11-21-16/h5-8,11-12,15H,9-10H2,1-4H3. The Balaban J connectivity index is 1.81. The van der Waals surface area contributed by atoms with Crippen molar-refractivity contribution < 1.29 is 23.8 Å². The second-order valence-corrected chi connectivity index (χ2v) is 7.34. The van der Waals surface area contributed by atoms with Gasteiger partial charge in [0.2, 0.25) is 5.88 Å². The molecule has 8 heteroatoms. The van der Waals surface area contributed by atoms with Crippen LogP contribution >= 0.6 is 0 Å². The maximum atomic E-state index is 12.5. The molecule has 1 fully saturated rings. The summed E-state index contributed by atoms with van der Waals surface area (Å²) in [6.45, 7) is 5.52. The summed E-state index contributed by atoms with van der Waals surface area (Å²) in [5, 5.41) is 0.769. The van der Waals surface area contributed by atoms with Crippen LogP contribution < -0.4 is 4.74 Å². The minimum atomic E-state index is -0.761. The molecule has 0 aliphatic carbocycles. The van der Waals surface area contributed by atoms with E-state index in [4.69, 9.17) is 14.2 Å². The predicted molar refractivity (Wildman–Crippen MR) is 97.3 cm³/mol. The van der Waals surface area contributed by atoms with E-state index in [0.29, 0.717) is 12.3 Å². The molecule has 27 heavy (non-hydrogen) atoms. The third kappa shape index (κ3) is 4.27. The number of fused-ring (bicyclic) bond motifs is 1. The topological polar surface area (TPSA) is 90.9 Å². The number of benzene rings is 1. The fourth-order valence-corrected chi connectivity index (χ4v) is 3.00. The number of carbonyl (C=O) groups is 2. The summed E-state index contributed by atoms with van der Waals surface area (Å²) in [6.07, 6.45) is 0.733. The van der Waals surface area contributed by atoms with E-state index in [0.717, 1.165) is 10.9 Å². The molecule has 2 unspecified atom stereocenters. The number of amides is 1. The Hall–Kier alpha value is -2.90. The van der Waals surface area contributed by atoms with E-state index >= 15 is 0 Å². The molecular formula is C19H23N3O5. The number of para-hydroxylation sites is 1. The van der Waals surface area contributed by atoms with Gasteiger partial charge in [0.25, 0.3) is 0 Å². The van der Waals surface area contributed by atoms with Crippen LogP contribution in [0.15, 0.2) is 30.6 Å². The highest BCUT2D eigenvalue weighted by Gasteiger charge is 2.43. The first-order chi connectivity index (χ1) is 12.8. The summed E-state index contributed by atoms with van der Waals surface area (Å²) in [5.41, 5.74) is 0.0912. The van der Waals surface area contributed by atoms with Crippen LogP contribution in [-0.2, 0) is 14.3 Å². The number of hydrogen-bond acceptors (Lipinski definition) is 7. The molecule has 1 aromatic carbocycles. The van der Waals surface area contributed by atoms with Gasteiger partial charge in [-0.1, -0.05) is 12.1 Å². The van der Waals surface area contributed by atoms with E-state index in [9.17, 15) is 9.59 Å². The van der Waals surface area contributed by atoms with Crippen LogP contribution in [0.4, 0.5) is 4.79 Å². The minimum absolute atomic E-state index is 0.201. The van der Waals surface area contributed by atoms with Crippen molar-refractivity contribution in [2.24, 2.45) is 0 Å². The molecule has 0 N–H and O–H groups in total. The lowest BCUT2D eigenvalue weighted by Gasteiger charge is -2.27. The van der Waals surface area contributed by atoms with Gasteiger partial charge in [0.15, 0.2) is 0 Å². The van der Waals surface area contributed by atoms with E-state index in [-0.39, 0.29) is 6.54 Å². The molecule has 0 spiro atoms. The van der Waals surface area contributed by atoms with Gasteiger partial charge in [-0.15, -0.1) is 0 Å². The van der Waals surface area contributed by atoms with Crippen molar-refractivity contribution in [3.63, 3.8) is 0 Å². The molecule has 1 aromatic heterocycles. The summed E-state index contributed by atoms with van der Waals surface area (Å²) in [7, 11) is 1.29. The number of aromatic nitrogens is 2. The summed E-state index contributed by atoms with van der Waals surface area (Å²) >= 11 is 0. The van der Waals surface area contributed by atoms with Crippen LogP contribution in [0.3, 0.4) is 0 Å². The van der Waals surface area contributed by atoms with E-state index in [2.05, 4.69) is 9.97 Å². The van der Waals surface area contributed by atoms with Crippen molar-refractivity contribution in [1.29, 1.82) is 0 Å². The molecule has 8 nitrogen and oxygen atoms in total. The second kappa shape index (κ2) is 7.38. The molecule has 1 saturated heterocycles. The maximum absolute atomic E-state index is 12.5. The fourth-order valence-electron chi connectivity index (χ4n) is 3.00. The van der Waals surface area contributed by atoms with Crippen molar-refractivity contribution in [3.05, 3.63) is 30.6 Å². The number of ether oxygens (including phenoxy) is 3. The average molecular weight is 373 g/mol. The van der Waals surface area contributed by atoms with Gasteiger partial charge >= 0.3 is 12.1 Å². The van der Waals surface area contributed by atoms with Crippen LogP contribution in [0.1, 0.15) is 27.2 Å². The lowest BCUT2D eigenvalue weighted by Crippen LogP contribution is -2.44. The molecule has 1 amide bonds. The van der Waals surface area contributed by atoms with E-state index < -0.39 is 29.8 Å². The van der Waals surface area contributed by atoms with Gasteiger partial charge in [-0.25, -0.2) is 19.6 Å². The number of nitrogens with zero attached hydrogens (tertiary/aromatic N) is 3. The molecule has 0 radical (unpaired) electrons. The molecule has 2 aromatic rings. The van der Waals surface area contributed by atoms with Gasteiger partial charge in [0.05, 0.1) is 24.6 Å². The molecule has 0 saturated carbocycles. The third-order valence-corrected chi connectivity index (χ3v) is 4.15. The normalized spacial score (nSPS) is 19.8. The Bertz CT molecular complexity index is 843. The molecule has 0 bridgehead atoms. The predicted octanol–water partition coefficient (Wildman–Crippen LogP) is 2.56. The van der Waals surface area contributed by atoms with Crippen molar-refractivity contribution in [3.8, 4) is 5.88 Å². The van der Waals surface area contributed by atoms with Crippen molar-refractivity contribution in [2.75, 3.05) is 13.7 Å². The smallest absolute Gasteiger partial charge is 0.411 e. The maximum Gasteiger partial charge on any atom is 0.411 e. The zero-order valence-electron chi connectivity index (χ0n) is 15.8. The van der Waals surface area contributed by atoms with Crippen LogP contribution in [-0.4, -0.2) is 58.3 Å². The quantitative estimate of drug-likeness (QED) is 0.764. The van der Waals surface area contributed by atoms with Gasteiger partial charge in [0.1, 0.15) is 24.1 Å². The Kier molecular flexibility index (Phi) is 5.16. The molecule has 1 aliphatic rings. The first kappa shape index (κ1) is 18.9. The average Bonchev–Trinajstić information content (AvgIpc) is 3.04. The van der Waals surface area contributed by atoms with Crippen LogP contribution in [0.2, 0.25) is 0 Å². The van der Waals surface area contributed by atoms with Gasteiger partial charge in [-0.05, 0) is 32.9 Å². The minimum Gasteiger partial charge on any atom is -0.472 e.